The van der Waals surface area contributed by atoms with Gasteiger partial charge >= 0.3 is 5.69 Å². The summed E-state index contributed by atoms with van der Waals surface area (Å²) in [6.45, 7) is 4.06. The Morgan fingerprint density at radius 3 is 2.85 bits per heavy atom. The number of nitro groups is 1. The number of anilines is 1. The van der Waals surface area contributed by atoms with E-state index in [2.05, 4.69) is 17.3 Å². The SMILES string of the molecule is CCSC1CCC(Nc2c([N+](=O)[O-])c(CC)nn2C)C1. The van der Waals surface area contributed by atoms with E-state index in [1.54, 1.807) is 11.7 Å². The molecule has 0 spiro atoms. The molecule has 1 aromatic heterocycles. The highest BCUT2D eigenvalue weighted by Gasteiger charge is 2.30. The molecule has 0 amide bonds. The zero-order valence-corrected chi connectivity index (χ0v) is 13.1. The van der Waals surface area contributed by atoms with E-state index in [1.807, 2.05) is 18.7 Å². The fourth-order valence-corrected chi connectivity index (χ4v) is 3.95. The standard InChI is InChI=1S/C13H22N4O2S/c1-4-11-12(17(18)19)13(16(3)15-11)14-9-6-7-10(8-9)20-5-2/h9-10,14H,4-8H2,1-3H3. The molecule has 0 bridgehead atoms. The molecule has 2 unspecified atom stereocenters. The fraction of sp³-hybridized carbons (Fsp3) is 0.769. The molecule has 7 heteroatoms. The largest absolute Gasteiger partial charge is 0.362 e. The van der Waals surface area contributed by atoms with Crippen LogP contribution in [0.4, 0.5) is 11.5 Å². The third kappa shape index (κ3) is 3.08. The van der Waals surface area contributed by atoms with Crippen molar-refractivity contribution >= 4 is 23.3 Å². The van der Waals surface area contributed by atoms with Crippen LogP contribution in [0.3, 0.4) is 0 Å². The van der Waals surface area contributed by atoms with E-state index in [-0.39, 0.29) is 10.6 Å². The van der Waals surface area contributed by atoms with Crippen molar-refractivity contribution < 1.29 is 4.92 Å². The van der Waals surface area contributed by atoms with E-state index < -0.39 is 0 Å². The fourth-order valence-electron chi connectivity index (χ4n) is 2.81. The van der Waals surface area contributed by atoms with E-state index in [1.165, 1.54) is 6.42 Å². The maximum Gasteiger partial charge on any atom is 0.333 e. The molecule has 1 fully saturated rings. The van der Waals surface area contributed by atoms with E-state index in [0.717, 1.165) is 18.6 Å². The van der Waals surface area contributed by atoms with Gasteiger partial charge in [0.15, 0.2) is 0 Å². The van der Waals surface area contributed by atoms with Crippen molar-refractivity contribution in [3.05, 3.63) is 15.8 Å². The van der Waals surface area contributed by atoms with E-state index >= 15 is 0 Å². The highest BCUT2D eigenvalue weighted by Crippen LogP contribution is 2.34. The van der Waals surface area contributed by atoms with Crippen molar-refractivity contribution in [3.8, 4) is 0 Å². The van der Waals surface area contributed by atoms with Gasteiger partial charge in [-0.15, -0.1) is 0 Å². The Morgan fingerprint density at radius 2 is 2.25 bits per heavy atom. The normalized spacial score (nSPS) is 22.1. The maximum absolute atomic E-state index is 11.3. The first-order valence-corrected chi connectivity index (χ1v) is 8.20. The third-order valence-electron chi connectivity index (χ3n) is 3.74. The lowest BCUT2D eigenvalue weighted by atomic mass is 10.2. The Kier molecular flexibility index (Phi) is 4.91. The predicted molar refractivity (Wildman–Crippen MR) is 82.4 cm³/mol. The molecule has 0 aliphatic heterocycles. The van der Waals surface area contributed by atoms with Crippen LogP contribution in [0, 0.1) is 10.1 Å². The van der Waals surface area contributed by atoms with Crippen LogP contribution in [-0.2, 0) is 13.5 Å². The molecule has 1 aliphatic rings. The van der Waals surface area contributed by atoms with Gasteiger partial charge in [-0.05, 0) is 31.4 Å². The zero-order valence-electron chi connectivity index (χ0n) is 12.3. The first-order valence-electron chi connectivity index (χ1n) is 7.15. The van der Waals surface area contributed by atoms with Crippen LogP contribution < -0.4 is 5.32 Å². The zero-order chi connectivity index (χ0) is 14.7. The quantitative estimate of drug-likeness (QED) is 0.645. The van der Waals surface area contributed by atoms with Gasteiger partial charge in [-0.2, -0.15) is 16.9 Å². The first-order chi connectivity index (χ1) is 9.56. The minimum absolute atomic E-state index is 0.140. The van der Waals surface area contributed by atoms with Crippen LogP contribution in [-0.4, -0.2) is 31.7 Å². The molecule has 1 saturated carbocycles. The van der Waals surface area contributed by atoms with Crippen LogP contribution in [0.2, 0.25) is 0 Å². The number of nitrogens with one attached hydrogen (secondary N) is 1. The van der Waals surface area contributed by atoms with E-state index in [9.17, 15) is 10.1 Å². The molecule has 0 radical (unpaired) electrons. The van der Waals surface area contributed by atoms with Crippen LogP contribution in [0.15, 0.2) is 0 Å². The average Bonchev–Trinajstić information content (AvgIpc) is 2.96. The van der Waals surface area contributed by atoms with Gasteiger partial charge in [0.2, 0.25) is 5.82 Å². The molecule has 0 saturated heterocycles. The van der Waals surface area contributed by atoms with Gasteiger partial charge in [0.25, 0.3) is 0 Å². The maximum atomic E-state index is 11.3. The molecule has 0 aromatic carbocycles. The summed E-state index contributed by atoms with van der Waals surface area (Å²) in [5.74, 6) is 1.68. The summed E-state index contributed by atoms with van der Waals surface area (Å²) in [5.41, 5.74) is 0.694. The molecular weight excluding hydrogens is 276 g/mol. The molecule has 2 atom stereocenters. The minimum Gasteiger partial charge on any atom is -0.362 e. The Morgan fingerprint density at radius 1 is 1.50 bits per heavy atom. The van der Waals surface area contributed by atoms with Crippen molar-refractivity contribution in [2.24, 2.45) is 7.05 Å². The Bertz CT molecular complexity index is 489. The number of hydrogen-bond acceptors (Lipinski definition) is 5. The first kappa shape index (κ1) is 15.2. The van der Waals surface area contributed by atoms with Crippen molar-refractivity contribution in [2.75, 3.05) is 11.1 Å². The monoisotopic (exact) mass is 298 g/mol. The van der Waals surface area contributed by atoms with Crippen molar-refractivity contribution in [3.63, 3.8) is 0 Å². The highest BCUT2D eigenvalue weighted by atomic mass is 32.2. The topological polar surface area (TPSA) is 73.0 Å². The summed E-state index contributed by atoms with van der Waals surface area (Å²) in [4.78, 5) is 10.9. The van der Waals surface area contributed by atoms with Gasteiger partial charge in [0, 0.05) is 18.3 Å². The van der Waals surface area contributed by atoms with E-state index in [4.69, 9.17) is 0 Å². The van der Waals surface area contributed by atoms with Gasteiger partial charge in [0.05, 0.1) is 4.92 Å². The average molecular weight is 298 g/mol. The lowest BCUT2D eigenvalue weighted by Gasteiger charge is -2.13. The molecule has 1 aliphatic carbocycles. The number of thioether (sulfide) groups is 1. The molecule has 1 aromatic rings. The summed E-state index contributed by atoms with van der Waals surface area (Å²) in [5, 5.41) is 19.5. The third-order valence-corrected chi connectivity index (χ3v) is 4.97. The van der Waals surface area contributed by atoms with Crippen LogP contribution in [0.25, 0.3) is 0 Å². The molecule has 112 valence electrons. The predicted octanol–water partition coefficient (Wildman–Crippen LogP) is 2.98. The van der Waals surface area contributed by atoms with Gasteiger partial charge in [-0.1, -0.05) is 13.8 Å². The highest BCUT2D eigenvalue weighted by molar-refractivity contribution is 7.99. The number of aryl methyl sites for hydroxylation is 2. The van der Waals surface area contributed by atoms with Crippen LogP contribution in [0.5, 0.6) is 0 Å². The second kappa shape index (κ2) is 6.47. The van der Waals surface area contributed by atoms with Gasteiger partial charge in [0.1, 0.15) is 5.69 Å². The van der Waals surface area contributed by atoms with Crippen molar-refractivity contribution in [2.45, 2.75) is 50.8 Å². The van der Waals surface area contributed by atoms with Gasteiger partial charge in [-0.25, -0.2) is 4.68 Å². The lowest BCUT2D eigenvalue weighted by molar-refractivity contribution is -0.384. The van der Waals surface area contributed by atoms with Gasteiger partial charge < -0.3 is 5.32 Å². The van der Waals surface area contributed by atoms with Crippen molar-refractivity contribution in [1.29, 1.82) is 0 Å². The van der Waals surface area contributed by atoms with Crippen LogP contribution in [0.1, 0.15) is 38.8 Å². The summed E-state index contributed by atoms with van der Waals surface area (Å²) in [7, 11) is 1.77. The summed E-state index contributed by atoms with van der Waals surface area (Å²) in [6, 6.07) is 0.317. The molecule has 20 heavy (non-hydrogen) atoms. The molecule has 6 nitrogen and oxygen atoms in total. The summed E-state index contributed by atoms with van der Waals surface area (Å²) >= 11 is 1.98. The summed E-state index contributed by atoms with van der Waals surface area (Å²) < 4.78 is 1.61. The molecule has 1 N–H and O–H groups in total. The second-order valence-electron chi connectivity index (χ2n) is 5.11. The van der Waals surface area contributed by atoms with Gasteiger partial charge in [-0.3, -0.25) is 10.1 Å². The van der Waals surface area contributed by atoms with E-state index in [0.29, 0.717) is 29.2 Å². The molecular formula is C13H22N4O2S. The smallest absolute Gasteiger partial charge is 0.333 e. The Hall–Kier alpha value is -1.24. The second-order valence-corrected chi connectivity index (χ2v) is 6.69. The number of rotatable bonds is 6. The Balaban J connectivity index is 2.13. The number of hydrogen-bond donors (Lipinski definition) is 1. The summed E-state index contributed by atoms with van der Waals surface area (Å²) in [6.07, 6.45) is 3.90. The molecule has 2 rings (SSSR count). The molecule has 1 heterocycles. The number of nitrogens with zero attached hydrogens (tertiary/aromatic N) is 3. The lowest BCUT2D eigenvalue weighted by Crippen LogP contribution is -2.19. The van der Waals surface area contributed by atoms with Crippen molar-refractivity contribution in [1.82, 2.24) is 9.78 Å². The number of aromatic nitrogens is 2. The van der Waals surface area contributed by atoms with Crippen LogP contribution >= 0.6 is 11.8 Å². The Labute approximate surface area is 123 Å². The minimum atomic E-state index is -0.318.